The molecule has 0 radical (unpaired) electrons. The second kappa shape index (κ2) is 8.84. The molecule has 0 bridgehead atoms. The topological polar surface area (TPSA) is 78.6 Å². The van der Waals surface area contributed by atoms with Gasteiger partial charge in [-0.1, -0.05) is 0 Å². The van der Waals surface area contributed by atoms with E-state index in [-0.39, 0.29) is 12.4 Å². The molecule has 0 spiro atoms. The largest absolute Gasteiger partial charge is 0.465 e. The van der Waals surface area contributed by atoms with Crippen molar-refractivity contribution in [2.45, 2.75) is 19.5 Å². The first-order chi connectivity index (χ1) is 13.6. The maximum atomic E-state index is 13.5. The van der Waals surface area contributed by atoms with E-state index < -0.39 is 52.6 Å². The fraction of sp³-hybridized carbons (Fsp3) is 0.278. The van der Waals surface area contributed by atoms with Crippen LogP contribution in [0.5, 0.6) is 0 Å². The minimum Gasteiger partial charge on any atom is -0.465 e. The highest BCUT2D eigenvalue weighted by Crippen LogP contribution is 2.38. The van der Waals surface area contributed by atoms with Gasteiger partial charge in [0.05, 0.1) is 31.1 Å². The number of hydrogen-bond acceptors (Lipinski definition) is 6. The Kier molecular flexibility index (Phi) is 6.72. The number of esters is 2. The Morgan fingerprint density at radius 3 is 2.38 bits per heavy atom. The van der Waals surface area contributed by atoms with E-state index in [1.807, 2.05) is 0 Å². The van der Waals surface area contributed by atoms with Crippen LogP contribution in [-0.4, -0.2) is 30.6 Å². The van der Waals surface area contributed by atoms with Crippen molar-refractivity contribution in [2.75, 3.05) is 13.7 Å². The third kappa shape index (κ3) is 4.79. The van der Waals surface area contributed by atoms with Gasteiger partial charge in [0.1, 0.15) is 11.5 Å². The summed E-state index contributed by atoms with van der Waals surface area (Å²) in [6.45, 7) is 1.04. The average Bonchev–Trinajstić information content (AvgIpc) is 3.17. The van der Waals surface area contributed by atoms with Gasteiger partial charge in [-0.2, -0.15) is 13.2 Å². The molecule has 0 saturated carbocycles. The van der Waals surface area contributed by atoms with Crippen LogP contribution in [0.1, 0.15) is 56.8 Å². The summed E-state index contributed by atoms with van der Waals surface area (Å²) in [4.78, 5) is 27.3. The van der Waals surface area contributed by atoms with Crippen LogP contribution in [-0.2, 0) is 15.7 Å². The molecular weight excluding hydrogens is 405 g/mol. The lowest BCUT2D eigenvalue weighted by atomic mass is 9.96. The van der Waals surface area contributed by atoms with Crippen LogP contribution in [0, 0.1) is 0 Å². The van der Waals surface area contributed by atoms with E-state index in [0.717, 1.165) is 19.3 Å². The number of nitrogens with zero attached hydrogens (tertiary/aromatic N) is 1. The maximum absolute atomic E-state index is 13.5. The molecule has 2 aromatic rings. The predicted molar refractivity (Wildman–Crippen MR) is 89.1 cm³/mol. The van der Waals surface area contributed by atoms with Gasteiger partial charge in [-0.3, -0.25) is 0 Å². The molecule has 0 N–H and O–H groups in total. The van der Waals surface area contributed by atoms with E-state index in [0.29, 0.717) is 0 Å². The molecule has 0 aliphatic rings. The number of halogens is 5. The number of furan rings is 1. The van der Waals surface area contributed by atoms with E-state index in [9.17, 15) is 31.5 Å². The number of carbonyl (C=O) groups excluding carboxylic acids is 2. The Hall–Kier alpha value is -3.24. The number of pyridine rings is 1. The van der Waals surface area contributed by atoms with E-state index in [4.69, 9.17) is 4.42 Å². The van der Waals surface area contributed by atoms with Gasteiger partial charge in [0.15, 0.2) is 5.69 Å². The first kappa shape index (κ1) is 22.1. The van der Waals surface area contributed by atoms with Crippen molar-refractivity contribution in [3.05, 3.63) is 52.2 Å². The summed E-state index contributed by atoms with van der Waals surface area (Å²) < 4.78 is 81.6. The van der Waals surface area contributed by atoms with Crippen LogP contribution < -0.4 is 0 Å². The SMILES string of the molecule is CCOC(=O)c1c(C(F)(F)F)nc(C(F)F)c(C(=O)OC)c1/C=C/c1ccco1. The summed E-state index contributed by atoms with van der Waals surface area (Å²) in [5.74, 6) is -2.76. The number of ether oxygens (including phenoxy) is 2. The number of aromatic nitrogens is 1. The van der Waals surface area contributed by atoms with E-state index in [2.05, 4.69) is 14.5 Å². The van der Waals surface area contributed by atoms with Gasteiger partial charge in [0.2, 0.25) is 0 Å². The maximum Gasteiger partial charge on any atom is 0.434 e. The molecule has 0 aromatic carbocycles. The molecule has 11 heteroatoms. The third-order valence-corrected chi connectivity index (χ3v) is 3.57. The van der Waals surface area contributed by atoms with Gasteiger partial charge >= 0.3 is 18.1 Å². The molecule has 0 atom stereocenters. The number of carbonyl (C=O) groups is 2. The quantitative estimate of drug-likeness (QED) is 0.496. The molecule has 0 aliphatic carbocycles. The zero-order valence-corrected chi connectivity index (χ0v) is 15.0. The lowest BCUT2D eigenvalue weighted by Gasteiger charge is -2.19. The molecule has 0 amide bonds. The zero-order chi connectivity index (χ0) is 21.8. The van der Waals surface area contributed by atoms with Crippen LogP contribution in [0.2, 0.25) is 0 Å². The number of rotatable bonds is 6. The molecule has 156 valence electrons. The first-order valence-corrected chi connectivity index (χ1v) is 8.02. The van der Waals surface area contributed by atoms with Gasteiger partial charge in [-0.15, -0.1) is 0 Å². The van der Waals surface area contributed by atoms with E-state index in [1.54, 1.807) is 0 Å². The highest BCUT2D eigenvalue weighted by molar-refractivity contribution is 6.04. The van der Waals surface area contributed by atoms with Gasteiger partial charge in [0.25, 0.3) is 6.43 Å². The predicted octanol–water partition coefficient (Wildman–Crippen LogP) is 4.76. The van der Waals surface area contributed by atoms with Crippen LogP contribution in [0.15, 0.2) is 22.8 Å². The van der Waals surface area contributed by atoms with Crippen LogP contribution in [0.25, 0.3) is 12.2 Å². The molecule has 2 heterocycles. The Morgan fingerprint density at radius 1 is 1.21 bits per heavy atom. The standard InChI is InChI=1S/C18H14F5NO5/c1-3-28-17(26)12-10(7-6-9-5-4-8-29-9)11(16(25)27-2)13(15(19)20)24-14(12)18(21,22)23/h4-8,15H,3H2,1-2H3/b7-6+. The Bertz CT molecular complexity index is 920. The smallest absolute Gasteiger partial charge is 0.434 e. The molecule has 0 unspecified atom stereocenters. The minimum atomic E-state index is -5.28. The second-order valence-electron chi connectivity index (χ2n) is 5.37. The molecular formula is C18H14F5NO5. The van der Waals surface area contributed by atoms with Crippen molar-refractivity contribution in [3.8, 4) is 0 Å². The van der Waals surface area contributed by atoms with Crippen LogP contribution in [0.4, 0.5) is 22.0 Å². The third-order valence-electron chi connectivity index (χ3n) is 3.57. The van der Waals surface area contributed by atoms with Crippen LogP contribution in [0.3, 0.4) is 0 Å². The highest BCUT2D eigenvalue weighted by Gasteiger charge is 2.42. The minimum absolute atomic E-state index is 0.125. The van der Waals surface area contributed by atoms with Gasteiger partial charge < -0.3 is 13.9 Å². The molecule has 0 fully saturated rings. The van der Waals surface area contributed by atoms with E-state index in [1.165, 1.54) is 25.3 Å². The van der Waals surface area contributed by atoms with Crippen molar-refractivity contribution in [3.63, 3.8) is 0 Å². The van der Waals surface area contributed by atoms with Crippen molar-refractivity contribution in [1.82, 2.24) is 4.98 Å². The molecule has 29 heavy (non-hydrogen) atoms. The summed E-state index contributed by atoms with van der Waals surface area (Å²) >= 11 is 0. The second-order valence-corrected chi connectivity index (χ2v) is 5.37. The lowest BCUT2D eigenvalue weighted by molar-refractivity contribution is -0.142. The highest BCUT2D eigenvalue weighted by atomic mass is 19.4. The zero-order valence-electron chi connectivity index (χ0n) is 15.0. The van der Waals surface area contributed by atoms with Crippen molar-refractivity contribution in [1.29, 1.82) is 0 Å². The number of methoxy groups -OCH3 is 1. The lowest BCUT2D eigenvalue weighted by Crippen LogP contribution is -2.24. The summed E-state index contributed by atoms with van der Waals surface area (Å²) in [7, 11) is 0.847. The summed E-state index contributed by atoms with van der Waals surface area (Å²) in [5, 5.41) is 0. The summed E-state index contributed by atoms with van der Waals surface area (Å²) in [5.41, 5.74) is -6.33. The molecule has 2 aromatic heterocycles. The fourth-order valence-corrected chi connectivity index (χ4v) is 2.43. The molecule has 0 aliphatic heterocycles. The van der Waals surface area contributed by atoms with E-state index >= 15 is 0 Å². The molecule has 6 nitrogen and oxygen atoms in total. The Balaban J connectivity index is 2.95. The van der Waals surface area contributed by atoms with Gasteiger partial charge in [0, 0.05) is 5.56 Å². The fourth-order valence-electron chi connectivity index (χ4n) is 2.43. The van der Waals surface area contributed by atoms with Crippen molar-refractivity contribution < 1.29 is 45.4 Å². The average molecular weight is 419 g/mol. The Morgan fingerprint density at radius 2 is 1.90 bits per heavy atom. The Labute approximate surface area is 160 Å². The first-order valence-electron chi connectivity index (χ1n) is 8.02. The monoisotopic (exact) mass is 419 g/mol. The molecule has 0 saturated heterocycles. The normalized spacial score (nSPS) is 11.9. The van der Waals surface area contributed by atoms with Crippen LogP contribution >= 0.6 is 0 Å². The number of alkyl halides is 5. The van der Waals surface area contributed by atoms with Crippen molar-refractivity contribution in [2.24, 2.45) is 0 Å². The number of hydrogen-bond donors (Lipinski definition) is 0. The van der Waals surface area contributed by atoms with Crippen molar-refractivity contribution >= 4 is 24.1 Å². The van der Waals surface area contributed by atoms with Gasteiger partial charge in [-0.05, 0) is 31.2 Å². The summed E-state index contributed by atoms with van der Waals surface area (Å²) in [6.07, 6.45) is -5.63. The molecule has 2 rings (SSSR count). The van der Waals surface area contributed by atoms with Gasteiger partial charge in [-0.25, -0.2) is 23.4 Å². The summed E-state index contributed by atoms with van der Waals surface area (Å²) in [6, 6.07) is 2.88.